The second kappa shape index (κ2) is 13.7. The second-order valence-electron chi connectivity index (χ2n) is 8.53. The lowest BCUT2D eigenvalue weighted by Gasteiger charge is -2.27. The zero-order chi connectivity index (χ0) is 26.2. The Morgan fingerprint density at radius 1 is 1.11 bits per heavy atom. The summed E-state index contributed by atoms with van der Waals surface area (Å²) in [6.45, 7) is 4.61. The third kappa shape index (κ3) is 7.64. The Morgan fingerprint density at radius 2 is 1.82 bits per heavy atom. The van der Waals surface area contributed by atoms with E-state index in [9.17, 15) is 14.9 Å². The fourth-order valence-corrected chi connectivity index (χ4v) is 4.71. The van der Waals surface area contributed by atoms with E-state index in [4.69, 9.17) is 10.7 Å². The van der Waals surface area contributed by atoms with Gasteiger partial charge in [-0.15, -0.1) is 12.4 Å². The van der Waals surface area contributed by atoms with Crippen LogP contribution >= 0.6 is 24.2 Å². The smallest absolute Gasteiger partial charge is 0.223 e. The molecule has 0 spiro atoms. The van der Waals surface area contributed by atoms with Crippen molar-refractivity contribution in [3.8, 4) is 17.3 Å². The van der Waals surface area contributed by atoms with E-state index in [0.29, 0.717) is 40.7 Å². The lowest BCUT2D eigenvalue weighted by molar-refractivity contribution is -0.131. The van der Waals surface area contributed by atoms with Crippen LogP contribution in [0.15, 0.2) is 47.6 Å². The van der Waals surface area contributed by atoms with Crippen LogP contribution in [0, 0.1) is 11.3 Å². The Balaban J connectivity index is 0.00000400. The van der Waals surface area contributed by atoms with Gasteiger partial charge in [-0.1, -0.05) is 30.0 Å². The summed E-state index contributed by atoms with van der Waals surface area (Å²) in [5, 5.41) is 16.0. The molecular formula is C26H29ClN8O2S. The van der Waals surface area contributed by atoms with Gasteiger partial charge in [0, 0.05) is 62.2 Å². The van der Waals surface area contributed by atoms with E-state index in [0.717, 1.165) is 37.6 Å². The number of carbonyl (C=O) groups is 2. The second-order valence-corrected chi connectivity index (χ2v) is 9.47. The number of rotatable bonds is 8. The number of amides is 2. The molecule has 1 saturated heterocycles. The van der Waals surface area contributed by atoms with Crippen LogP contribution in [-0.4, -0.2) is 57.8 Å². The highest BCUT2D eigenvalue weighted by Crippen LogP contribution is 2.29. The number of halogens is 1. The number of nitrogens with two attached hydrogens (primary N) is 1. The van der Waals surface area contributed by atoms with Crippen LogP contribution in [0.5, 0.6) is 0 Å². The first-order valence-electron chi connectivity index (χ1n) is 11.9. The summed E-state index contributed by atoms with van der Waals surface area (Å²) >= 11 is 1.37. The number of hydrogen-bond donors (Lipinski definition) is 3. The quantitative estimate of drug-likeness (QED) is 0.283. The molecule has 198 valence electrons. The van der Waals surface area contributed by atoms with Gasteiger partial charge in [0.25, 0.3) is 0 Å². The third-order valence-corrected chi connectivity index (χ3v) is 6.67. The van der Waals surface area contributed by atoms with Crippen molar-refractivity contribution in [1.82, 2.24) is 25.2 Å². The lowest BCUT2D eigenvalue weighted by atomic mass is 10.1. The van der Waals surface area contributed by atoms with Gasteiger partial charge < -0.3 is 21.3 Å². The van der Waals surface area contributed by atoms with E-state index in [1.54, 1.807) is 24.3 Å². The zero-order valence-corrected chi connectivity index (χ0v) is 22.6. The average molecular weight is 553 g/mol. The highest BCUT2D eigenvalue weighted by atomic mass is 35.5. The average Bonchev–Trinajstić information content (AvgIpc) is 2.91. The molecule has 1 aliphatic heterocycles. The number of aryl methyl sites for hydroxylation is 1. The molecule has 2 aromatic heterocycles. The van der Waals surface area contributed by atoms with E-state index in [-0.39, 0.29) is 35.6 Å². The van der Waals surface area contributed by atoms with Gasteiger partial charge in [-0.2, -0.15) is 5.26 Å². The lowest BCUT2D eigenvalue weighted by Crippen LogP contribution is -2.46. The van der Waals surface area contributed by atoms with E-state index in [2.05, 4.69) is 26.7 Å². The summed E-state index contributed by atoms with van der Waals surface area (Å²) in [6, 6.07) is 14.9. The van der Waals surface area contributed by atoms with Crippen molar-refractivity contribution < 1.29 is 9.59 Å². The van der Waals surface area contributed by atoms with Crippen LogP contribution < -0.4 is 16.4 Å². The molecule has 0 bridgehead atoms. The molecular weight excluding hydrogens is 524 g/mol. The Kier molecular flexibility index (Phi) is 10.4. The molecule has 0 atom stereocenters. The first-order valence-corrected chi connectivity index (χ1v) is 12.9. The first-order chi connectivity index (χ1) is 17.9. The molecule has 0 radical (unpaired) electrons. The number of nitrogens with zero attached hydrogens (tertiary/aromatic N) is 5. The van der Waals surface area contributed by atoms with Crippen LogP contribution in [0.1, 0.15) is 30.3 Å². The minimum absolute atomic E-state index is 0. The Hall–Kier alpha value is -3.72. The largest absolute Gasteiger partial charge is 0.382 e. The van der Waals surface area contributed by atoms with Crippen molar-refractivity contribution in [2.24, 2.45) is 0 Å². The van der Waals surface area contributed by atoms with Gasteiger partial charge in [-0.05, 0) is 30.7 Å². The normalized spacial score (nSPS) is 12.8. The van der Waals surface area contributed by atoms with Crippen LogP contribution in [0.25, 0.3) is 11.3 Å². The number of pyridine rings is 1. The Bertz CT molecular complexity index is 1320. The summed E-state index contributed by atoms with van der Waals surface area (Å²) < 4.78 is 0. The summed E-state index contributed by atoms with van der Waals surface area (Å²) in [6.07, 6.45) is 1.02. The van der Waals surface area contributed by atoms with Crippen molar-refractivity contribution in [2.45, 2.75) is 30.7 Å². The van der Waals surface area contributed by atoms with Gasteiger partial charge in [0.15, 0.2) is 5.16 Å². The van der Waals surface area contributed by atoms with Crippen LogP contribution in [-0.2, 0) is 21.8 Å². The van der Waals surface area contributed by atoms with Crippen LogP contribution in [0.3, 0.4) is 0 Å². The number of aromatic nitrogens is 3. The van der Waals surface area contributed by atoms with Gasteiger partial charge in [-0.25, -0.2) is 9.97 Å². The molecule has 0 saturated carbocycles. The van der Waals surface area contributed by atoms with Gasteiger partial charge in [-0.3, -0.25) is 14.6 Å². The molecule has 0 aliphatic carbocycles. The predicted octanol–water partition coefficient (Wildman–Crippen LogP) is 3.03. The monoisotopic (exact) mass is 552 g/mol. The minimum Gasteiger partial charge on any atom is -0.382 e. The van der Waals surface area contributed by atoms with Crippen molar-refractivity contribution in [2.75, 3.05) is 37.2 Å². The van der Waals surface area contributed by atoms with Crippen molar-refractivity contribution >= 4 is 47.5 Å². The number of nitrogens with one attached hydrogen (secondary N) is 2. The van der Waals surface area contributed by atoms with Crippen LogP contribution in [0.2, 0.25) is 0 Å². The molecule has 1 fully saturated rings. The summed E-state index contributed by atoms with van der Waals surface area (Å²) in [4.78, 5) is 39.2. The molecule has 1 aliphatic rings. The van der Waals surface area contributed by atoms with Crippen LogP contribution in [0.4, 0.5) is 11.5 Å². The minimum atomic E-state index is -0.167. The topological polar surface area (TPSA) is 150 Å². The molecule has 4 N–H and O–H groups in total. The van der Waals surface area contributed by atoms with Crippen molar-refractivity contribution in [1.29, 1.82) is 5.26 Å². The first kappa shape index (κ1) is 28.8. The zero-order valence-electron chi connectivity index (χ0n) is 20.9. The van der Waals surface area contributed by atoms with Gasteiger partial charge in [0.05, 0.1) is 11.4 Å². The maximum absolute atomic E-state index is 12.5. The molecule has 2 amide bonds. The molecule has 12 heteroatoms. The van der Waals surface area contributed by atoms with Gasteiger partial charge >= 0.3 is 0 Å². The fourth-order valence-electron chi connectivity index (χ4n) is 3.95. The predicted molar refractivity (Wildman–Crippen MR) is 150 cm³/mol. The Morgan fingerprint density at radius 3 is 2.50 bits per heavy atom. The molecule has 4 rings (SSSR count). The molecule has 3 aromatic rings. The van der Waals surface area contributed by atoms with Gasteiger partial charge in [0.1, 0.15) is 17.5 Å². The molecule has 0 unspecified atom stereocenters. The number of thioether (sulfide) groups is 1. The number of anilines is 2. The summed E-state index contributed by atoms with van der Waals surface area (Å²) in [5.74, 6) is 0.599. The molecule has 10 nitrogen and oxygen atoms in total. The third-order valence-electron chi connectivity index (χ3n) is 5.79. The highest BCUT2D eigenvalue weighted by Gasteiger charge is 2.17. The number of carbonyl (C=O) groups excluding carboxylic acids is 2. The molecule has 38 heavy (non-hydrogen) atoms. The SMILES string of the molecule is CC(=O)Nc1ccc(-c2nc(SCc3cccc(CCC(=O)N4CCNCC4)n3)nc(N)c2C#N)cc1.Cl. The number of piperazine rings is 1. The number of hydrogen-bond acceptors (Lipinski definition) is 9. The maximum Gasteiger partial charge on any atom is 0.223 e. The van der Waals surface area contributed by atoms with E-state index >= 15 is 0 Å². The standard InChI is InChI=1S/C26H28N8O2S.ClH/c1-17(35)30-20-7-5-18(6-8-20)24-22(15-27)25(28)33-26(32-24)37-16-21-4-2-3-19(31-21)9-10-23(36)34-13-11-29-12-14-34;/h2-8,29H,9-14,16H2,1H3,(H,30,35)(H2,28,32,33);1H. The number of nitrogen functional groups attached to an aromatic ring is 1. The highest BCUT2D eigenvalue weighted by molar-refractivity contribution is 7.98. The van der Waals surface area contributed by atoms with Gasteiger partial charge in [0.2, 0.25) is 11.8 Å². The van der Waals surface area contributed by atoms with E-state index in [1.165, 1.54) is 18.7 Å². The maximum atomic E-state index is 12.5. The molecule has 3 heterocycles. The van der Waals surface area contributed by atoms with E-state index in [1.807, 2.05) is 23.1 Å². The van der Waals surface area contributed by atoms with E-state index < -0.39 is 0 Å². The van der Waals surface area contributed by atoms with Crippen molar-refractivity contribution in [3.05, 3.63) is 59.4 Å². The Labute approximate surface area is 231 Å². The summed E-state index contributed by atoms with van der Waals surface area (Å²) in [5.41, 5.74) is 9.76. The van der Waals surface area contributed by atoms with Crippen molar-refractivity contribution in [3.63, 3.8) is 0 Å². The number of nitriles is 1. The fraction of sp³-hybridized carbons (Fsp3) is 0.308. The number of benzene rings is 1. The summed E-state index contributed by atoms with van der Waals surface area (Å²) in [7, 11) is 0. The molecule has 1 aromatic carbocycles.